The van der Waals surface area contributed by atoms with Crippen molar-refractivity contribution in [2.24, 2.45) is 11.3 Å². The van der Waals surface area contributed by atoms with Gasteiger partial charge in [0.2, 0.25) is 5.91 Å². The van der Waals surface area contributed by atoms with Crippen LogP contribution in [0.15, 0.2) is 54.6 Å². The third-order valence-electron chi connectivity index (χ3n) is 7.53. The Morgan fingerprint density at radius 1 is 1.03 bits per heavy atom. The van der Waals surface area contributed by atoms with E-state index in [4.69, 9.17) is 4.74 Å². The van der Waals surface area contributed by atoms with Crippen LogP contribution < -0.4 is 10.1 Å². The molecule has 5 nitrogen and oxygen atoms in total. The number of hydrogen-bond acceptors (Lipinski definition) is 4. The molecule has 196 valence electrons. The summed E-state index contributed by atoms with van der Waals surface area (Å²) in [5.41, 5.74) is 1.89. The number of hydrogen-bond donors (Lipinski definition) is 1. The van der Waals surface area contributed by atoms with Gasteiger partial charge in [0.1, 0.15) is 5.75 Å². The molecule has 1 unspecified atom stereocenters. The summed E-state index contributed by atoms with van der Waals surface area (Å²) >= 11 is 0. The van der Waals surface area contributed by atoms with Crippen LogP contribution in [0.3, 0.4) is 0 Å². The normalized spacial score (nSPS) is 20.9. The SMILES string of the molecule is CC(C)(C)[C@H]1CN(C(c2ccccc2)c2cccc(OC(F)F)c2)CCN1C(=O)CC1CCNCC1. The van der Waals surface area contributed by atoms with Gasteiger partial charge in [-0.1, -0.05) is 63.2 Å². The van der Waals surface area contributed by atoms with Crippen molar-refractivity contribution in [3.63, 3.8) is 0 Å². The van der Waals surface area contributed by atoms with E-state index < -0.39 is 6.61 Å². The van der Waals surface area contributed by atoms with E-state index in [9.17, 15) is 13.6 Å². The number of piperazine rings is 1. The summed E-state index contributed by atoms with van der Waals surface area (Å²) in [6.45, 7) is 7.77. The predicted molar refractivity (Wildman–Crippen MR) is 138 cm³/mol. The monoisotopic (exact) mass is 499 g/mol. The number of piperidine rings is 1. The predicted octanol–water partition coefficient (Wildman–Crippen LogP) is 5.33. The molecule has 2 aliphatic rings. The molecule has 2 atom stereocenters. The van der Waals surface area contributed by atoms with Crippen molar-refractivity contribution < 1.29 is 18.3 Å². The van der Waals surface area contributed by atoms with Crippen molar-refractivity contribution in [1.82, 2.24) is 15.1 Å². The van der Waals surface area contributed by atoms with Gasteiger partial charge in [-0.2, -0.15) is 8.78 Å². The highest BCUT2D eigenvalue weighted by atomic mass is 19.3. The van der Waals surface area contributed by atoms with Crippen LogP contribution in [0.5, 0.6) is 5.75 Å². The van der Waals surface area contributed by atoms with E-state index in [1.165, 1.54) is 0 Å². The van der Waals surface area contributed by atoms with E-state index in [1.54, 1.807) is 18.2 Å². The fourth-order valence-electron chi connectivity index (χ4n) is 5.64. The summed E-state index contributed by atoms with van der Waals surface area (Å²) in [6.07, 6.45) is 2.72. The van der Waals surface area contributed by atoms with Crippen LogP contribution in [0, 0.1) is 11.3 Å². The number of benzene rings is 2. The van der Waals surface area contributed by atoms with Gasteiger partial charge in [-0.3, -0.25) is 9.69 Å². The minimum atomic E-state index is -2.87. The Kier molecular flexibility index (Phi) is 8.62. The molecule has 2 aromatic carbocycles. The first-order valence-corrected chi connectivity index (χ1v) is 13.1. The first-order chi connectivity index (χ1) is 17.2. The number of carbonyl (C=O) groups excluding carboxylic acids is 1. The number of amides is 1. The average Bonchev–Trinajstić information content (AvgIpc) is 2.85. The quantitative estimate of drug-likeness (QED) is 0.560. The zero-order valence-corrected chi connectivity index (χ0v) is 21.6. The molecule has 2 saturated heterocycles. The Morgan fingerprint density at radius 3 is 2.39 bits per heavy atom. The molecule has 1 N–H and O–H groups in total. The molecule has 4 rings (SSSR count). The topological polar surface area (TPSA) is 44.8 Å². The second kappa shape index (κ2) is 11.7. The maximum absolute atomic E-state index is 13.5. The van der Waals surface area contributed by atoms with E-state index in [1.807, 2.05) is 24.3 Å². The van der Waals surface area contributed by atoms with E-state index >= 15 is 0 Å². The highest BCUT2D eigenvalue weighted by Gasteiger charge is 2.40. The number of ether oxygens (including phenoxy) is 1. The van der Waals surface area contributed by atoms with Gasteiger partial charge < -0.3 is 15.0 Å². The molecule has 2 aromatic rings. The van der Waals surface area contributed by atoms with Gasteiger partial charge in [-0.15, -0.1) is 0 Å². The molecular formula is C29H39F2N3O2. The Hall–Kier alpha value is -2.51. The Morgan fingerprint density at radius 2 is 1.72 bits per heavy atom. The van der Waals surface area contributed by atoms with E-state index in [-0.39, 0.29) is 29.2 Å². The molecule has 0 aliphatic carbocycles. The van der Waals surface area contributed by atoms with Gasteiger partial charge >= 0.3 is 6.61 Å². The van der Waals surface area contributed by atoms with Crippen molar-refractivity contribution in [1.29, 1.82) is 0 Å². The molecule has 0 bridgehead atoms. The van der Waals surface area contributed by atoms with Crippen molar-refractivity contribution in [2.45, 2.75) is 58.7 Å². The van der Waals surface area contributed by atoms with Gasteiger partial charge in [0.05, 0.1) is 6.04 Å². The molecule has 0 aromatic heterocycles. The molecule has 0 radical (unpaired) electrons. The zero-order valence-electron chi connectivity index (χ0n) is 21.6. The first kappa shape index (κ1) is 26.6. The van der Waals surface area contributed by atoms with Crippen molar-refractivity contribution in [3.8, 4) is 5.75 Å². The molecule has 36 heavy (non-hydrogen) atoms. The van der Waals surface area contributed by atoms with Crippen LogP contribution in [-0.2, 0) is 4.79 Å². The number of nitrogens with zero attached hydrogens (tertiary/aromatic N) is 2. The summed E-state index contributed by atoms with van der Waals surface area (Å²) in [6, 6.07) is 17.1. The maximum Gasteiger partial charge on any atom is 0.387 e. The Labute approximate surface area is 213 Å². The van der Waals surface area contributed by atoms with E-state index in [0.717, 1.165) is 37.1 Å². The largest absolute Gasteiger partial charge is 0.435 e. The van der Waals surface area contributed by atoms with Gasteiger partial charge in [-0.25, -0.2) is 0 Å². The first-order valence-electron chi connectivity index (χ1n) is 13.1. The minimum Gasteiger partial charge on any atom is -0.435 e. The fraction of sp³-hybridized carbons (Fsp3) is 0.552. The molecule has 2 aliphatic heterocycles. The van der Waals surface area contributed by atoms with Crippen molar-refractivity contribution in [2.75, 3.05) is 32.7 Å². The molecule has 2 heterocycles. The third-order valence-corrected chi connectivity index (χ3v) is 7.53. The highest BCUT2D eigenvalue weighted by Crippen LogP contribution is 2.36. The second-order valence-corrected chi connectivity index (χ2v) is 11.1. The van der Waals surface area contributed by atoms with Crippen molar-refractivity contribution >= 4 is 5.91 Å². The lowest BCUT2D eigenvalue weighted by Crippen LogP contribution is -2.60. The smallest absolute Gasteiger partial charge is 0.387 e. The molecular weight excluding hydrogens is 460 g/mol. The maximum atomic E-state index is 13.5. The Balaban J connectivity index is 1.60. The summed E-state index contributed by atoms with van der Waals surface area (Å²) in [7, 11) is 0. The standard InChI is InChI=1S/C29H39F2N3O2/c1-29(2,3)25-20-33(16-17-34(25)26(35)18-21-12-14-32-15-13-21)27(22-8-5-4-6-9-22)23-10-7-11-24(19-23)36-28(30)31/h4-11,19,21,25,27-28,32H,12-18,20H2,1-3H3/t25-,27?/m1/s1. The molecule has 0 saturated carbocycles. The van der Waals surface area contributed by atoms with Crippen LogP contribution in [0.25, 0.3) is 0 Å². The molecule has 2 fully saturated rings. The summed E-state index contributed by atoms with van der Waals surface area (Å²) in [4.78, 5) is 18.0. The van der Waals surface area contributed by atoms with Gasteiger partial charge in [0.25, 0.3) is 0 Å². The van der Waals surface area contributed by atoms with Crippen LogP contribution in [0.4, 0.5) is 8.78 Å². The van der Waals surface area contributed by atoms with Crippen LogP contribution in [0.1, 0.15) is 57.2 Å². The zero-order chi connectivity index (χ0) is 25.7. The number of halogens is 2. The lowest BCUT2D eigenvalue weighted by atomic mass is 9.82. The summed E-state index contributed by atoms with van der Waals surface area (Å²) in [5.74, 6) is 0.865. The number of alkyl halides is 2. The summed E-state index contributed by atoms with van der Waals surface area (Å²) in [5, 5.41) is 3.38. The number of nitrogens with one attached hydrogen (secondary N) is 1. The van der Waals surface area contributed by atoms with Gasteiger partial charge in [0.15, 0.2) is 0 Å². The van der Waals surface area contributed by atoms with Crippen molar-refractivity contribution in [3.05, 3.63) is 65.7 Å². The fourth-order valence-corrected chi connectivity index (χ4v) is 5.64. The molecule has 1 amide bonds. The Bertz CT molecular complexity index is 990. The van der Waals surface area contributed by atoms with Gasteiger partial charge in [0, 0.05) is 32.1 Å². The molecule has 0 spiro atoms. The van der Waals surface area contributed by atoms with E-state index in [0.29, 0.717) is 32.0 Å². The lowest BCUT2D eigenvalue weighted by molar-refractivity contribution is -0.141. The second-order valence-electron chi connectivity index (χ2n) is 11.1. The van der Waals surface area contributed by atoms with Gasteiger partial charge in [-0.05, 0) is 60.5 Å². The summed E-state index contributed by atoms with van der Waals surface area (Å²) < 4.78 is 30.6. The average molecular weight is 500 g/mol. The minimum absolute atomic E-state index is 0.0483. The third kappa shape index (κ3) is 6.62. The van der Waals surface area contributed by atoms with Crippen LogP contribution in [-0.4, -0.2) is 61.1 Å². The lowest BCUT2D eigenvalue weighted by Gasteiger charge is -2.49. The highest BCUT2D eigenvalue weighted by molar-refractivity contribution is 5.77. The number of carbonyl (C=O) groups is 1. The van der Waals surface area contributed by atoms with Crippen LogP contribution >= 0.6 is 0 Å². The van der Waals surface area contributed by atoms with Crippen LogP contribution in [0.2, 0.25) is 0 Å². The van der Waals surface area contributed by atoms with E-state index in [2.05, 4.69) is 48.0 Å². The number of rotatable bonds is 7. The molecule has 7 heteroatoms.